The van der Waals surface area contributed by atoms with Gasteiger partial charge in [0.05, 0.1) is 16.2 Å². The van der Waals surface area contributed by atoms with Crippen LogP contribution in [0.15, 0.2) is 35.2 Å². The summed E-state index contributed by atoms with van der Waals surface area (Å²) < 4.78 is 31.5. The van der Waals surface area contributed by atoms with Crippen LogP contribution in [0.1, 0.15) is 114 Å². The van der Waals surface area contributed by atoms with Gasteiger partial charge >= 0.3 is 0 Å². The molecule has 45 heavy (non-hydrogen) atoms. The van der Waals surface area contributed by atoms with Crippen LogP contribution >= 0.6 is 11.3 Å². The van der Waals surface area contributed by atoms with Gasteiger partial charge in [-0.15, -0.1) is 11.3 Å². The number of likely N-dealkylation sites (N-methyl/N-ethyl adjacent to an activating group) is 1. The number of thiophene rings is 1. The number of aromatic nitrogens is 2. The number of benzene rings is 1. The fourth-order valence-corrected chi connectivity index (χ4v) is 10.6. The second kappa shape index (κ2) is 13.5. The predicted octanol–water partition coefficient (Wildman–Crippen LogP) is 6.54. The zero-order chi connectivity index (χ0) is 31.7. The maximum atomic E-state index is 14.1. The van der Waals surface area contributed by atoms with Crippen molar-refractivity contribution in [1.29, 1.82) is 0 Å². The Morgan fingerprint density at radius 1 is 0.978 bits per heavy atom. The highest BCUT2D eigenvalue weighted by molar-refractivity contribution is 7.89. The molecular formula is C34H45N5O4S2. The van der Waals surface area contributed by atoms with E-state index < -0.39 is 10.0 Å². The lowest BCUT2D eigenvalue weighted by Gasteiger charge is -2.40. The van der Waals surface area contributed by atoms with Gasteiger partial charge in [0.2, 0.25) is 10.0 Å². The second-order valence-electron chi connectivity index (χ2n) is 12.9. The van der Waals surface area contributed by atoms with Crippen molar-refractivity contribution in [3.8, 4) is 0 Å². The van der Waals surface area contributed by atoms with Crippen molar-refractivity contribution in [2.45, 2.75) is 115 Å². The molecule has 3 aromatic rings. The maximum absolute atomic E-state index is 14.1. The highest BCUT2D eigenvalue weighted by Gasteiger charge is 2.38. The van der Waals surface area contributed by atoms with Crippen LogP contribution in [-0.2, 0) is 23.0 Å². The number of hydrogen-bond acceptors (Lipinski definition) is 7. The predicted molar refractivity (Wildman–Crippen MR) is 178 cm³/mol. The molecule has 6 rings (SSSR count). The molecule has 242 valence electrons. The van der Waals surface area contributed by atoms with Gasteiger partial charge in [0.1, 0.15) is 5.00 Å². The molecule has 1 amide bonds. The molecule has 0 spiro atoms. The molecule has 2 aromatic heterocycles. The number of fused-ring (bicyclic) bond motifs is 1. The lowest BCUT2D eigenvalue weighted by Crippen LogP contribution is -2.48. The molecule has 2 aliphatic carbocycles. The van der Waals surface area contributed by atoms with E-state index in [4.69, 9.17) is 0 Å². The zero-order valence-corrected chi connectivity index (χ0v) is 28.3. The Labute approximate surface area is 271 Å². The Hall–Kier alpha value is -2.86. The molecule has 0 atom stereocenters. The van der Waals surface area contributed by atoms with E-state index in [0.717, 1.165) is 112 Å². The quantitative estimate of drug-likeness (QED) is 0.297. The average Bonchev–Trinajstić information content (AvgIpc) is 3.59. The molecular weight excluding hydrogens is 607 g/mol. The van der Waals surface area contributed by atoms with Crippen molar-refractivity contribution in [2.75, 3.05) is 18.4 Å². The van der Waals surface area contributed by atoms with Crippen molar-refractivity contribution in [3.05, 3.63) is 63.3 Å². The van der Waals surface area contributed by atoms with Gasteiger partial charge < -0.3 is 5.32 Å². The van der Waals surface area contributed by atoms with Crippen LogP contribution in [0, 0.1) is 13.8 Å². The molecule has 0 saturated heterocycles. The molecule has 1 aromatic carbocycles. The van der Waals surface area contributed by atoms with Crippen molar-refractivity contribution >= 4 is 38.2 Å². The number of aryl methyl sites for hydroxylation is 2. The van der Waals surface area contributed by atoms with E-state index in [1.54, 1.807) is 24.3 Å². The highest BCUT2D eigenvalue weighted by Crippen LogP contribution is 2.39. The van der Waals surface area contributed by atoms with E-state index in [9.17, 15) is 18.0 Å². The van der Waals surface area contributed by atoms with Crippen molar-refractivity contribution in [3.63, 3.8) is 0 Å². The summed E-state index contributed by atoms with van der Waals surface area (Å²) >= 11 is 1.44. The molecule has 1 N–H and O–H groups in total. The average molecular weight is 652 g/mol. The Morgan fingerprint density at radius 2 is 1.60 bits per heavy atom. The normalized spacial score (nSPS) is 18.7. The first-order valence-electron chi connectivity index (χ1n) is 16.6. The molecule has 2 fully saturated rings. The summed E-state index contributed by atoms with van der Waals surface area (Å²) in [6.07, 6.45) is 11.0. The fourth-order valence-electron chi connectivity index (χ4n) is 7.42. The van der Waals surface area contributed by atoms with Crippen LogP contribution < -0.4 is 5.32 Å². The van der Waals surface area contributed by atoms with Gasteiger partial charge in [0.15, 0.2) is 0 Å². The third-order valence-electron chi connectivity index (χ3n) is 9.79. The van der Waals surface area contributed by atoms with Gasteiger partial charge in [-0.25, -0.2) is 13.1 Å². The minimum absolute atomic E-state index is 0.0430. The van der Waals surface area contributed by atoms with Crippen molar-refractivity contribution < 1.29 is 18.0 Å². The SMILES string of the molecule is CCN1CCc2c(sc(NC(=O)c3ccc(S(=O)(=O)N(C4CCCCC4)C4CCCCC4)cc3)c2C(=O)n2nc(C)cc2C)C1. The summed E-state index contributed by atoms with van der Waals surface area (Å²) in [5.74, 6) is -0.617. The van der Waals surface area contributed by atoms with Gasteiger partial charge in [0, 0.05) is 41.3 Å². The summed E-state index contributed by atoms with van der Waals surface area (Å²) in [5, 5.41) is 7.96. The number of rotatable bonds is 8. The van der Waals surface area contributed by atoms with E-state index >= 15 is 0 Å². The van der Waals surface area contributed by atoms with E-state index in [1.165, 1.54) is 16.0 Å². The Bertz CT molecular complexity index is 1630. The first-order chi connectivity index (χ1) is 21.7. The molecule has 2 saturated carbocycles. The summed E-state index contributed by atoms with van der Waals surface area (Å²) in [5.41, 5.74) is 3.33. The summed E-state index contributed by atoms with van der Waals surface area (Å²) in [4.78, 5) is 31.1. The monoisotopic (exact) mass is 651 g/mol. The Balaban J connectivity index is 1.27. The number of hydrogen-bond donors (Lipinski definition) is 1. The van der Waals surface area contributed by atoms with Crippen LogP contribution in [-0.4, -0.2) is 64.4 Å². The van der Waals surface area contributed by atoms with E-state index in [2.05, 4.69) is 22.2 Å². The second-order valence-corrected chi connectivity index (χ2v) is 15.8. The third-order valence-corrected chi connectivity index (χ3v) is 12.9. The van der Waals surface area contributed by atoms with Gasteiger partial charge in [-0.1, -0.05) is 45.4 Å². The third kappa shape index (κ3) is 6.54. The molecule has 1 aliphatic heterocycles. The number of carbonyl (C=O) groups is 2. The summed E-state index contributed by atoms with van der Waals surface area (Å²) in [6, 6.07) is 8.29. The van der Waals surface area contributed by atoms with Gasteiger partial charge in [-0.2, -0.15) is 9.40 Å². The van der Waals surface area contributed by atoms with Crippen LogP contribution in [0.2, 0.25) is 0 Å². The summed E-state index contributed by atoms with van der Waals surface area (Å²) in [7, 11) is -3.72. The number of carbonyl (C=O) groups excluding carboxylic acids is 2. The Kier molecular flexibility index (Phi) is 9.61. The van der Waals surface area contributed by atoms with Crippen LogP contribution in [0.25, 0.3) is 0 Å². The lowest BCUT2D eigenvalue weighted by molar-refractivity contribution is 0.0942. The molecule has 3 aliphatic rings. The topological polar surface area (TPSA) is 105 Å². The lowest BCUT2D eigenvalue weighted by atomic mass is 9.91. The highest BCUT2D eigenvalue weighted by atomic mass is 32.2. The van der Waals surface area contributed by atoms with Crippen LogP contribution in [0.4, 0.5) is 5.00 Å². The fraction of sp³-hybridized carbons (Fsp3) is 0.559. The smallest absolute Gasteiger partial charge is 0.281 e. The maximum Gasteiger partial charge on any atom is 0.281 e. The Morgan fingerprint density at radius 3 is 2.16 bits per heavy atom. The number of anilines is 1. The van der Waals surface area contributed by atoms with Crippen molar-refractivity contribution in [1.82, 2.24) is 19.0 Å². The molecule has 11 heteroatoms. The zero-order valence-electron chi connectivity index (χ0n) is 26.7. The first-order valence-corrected chi connectivity index (χ1v) is 18.8. The van der Waals surface area contributed by atoms with Gasteiger partial charge in [-0.05, 0) is 88.4 Å². The van der Waals surface area contributed by atoms with Gasteiger partial charge in [-0.3, -0.25) is 14.5 Å². The molecule has 0 unspecified atom stereocenters. The van der Waals surface area contributed by atoms with E-state index in [0.29, 0.717) is 16.1 Å². The van der Waals surface area contributed by atoms with E-state index in [1.807, 2.05) is 24.2 Å². The molecule has 9 nitrogen and oxygen atoms in total. The standard InChI is InChI=1S/C34H45N5O4S2/c1-4-37-20-19-29-30(22-37)44-33(31(29)34(41)38-24(3)21-23(2)36-38)35-32(40)25-15-17-28(18-16-25)45(42,43)39(26-11-7-5-8-12-26)27-13-9-6-10-14-27/h15-18,21,26-27H,4-14,19-20,22H2,1-3H3,(H,35,40). The van der Waals surface area contributed by atoms with Crippen molar-refractivity contribution in [2.24, 2.45) is 0 Å². The number of nitrogens with one attached hydrogen (secondary N) is 1. The first kappa shape index (κ1) is 32.1. The minimum Gasteiger partial charge on any atom is -0.313 e. The number of sulfonamides is 1. The van der Waals surface area contributed by atoms with Crippen LogP contribution in [0.3, 0.4) is 0 Å². The summed E-state index contributed by atoms with van der Waals surface area (Å²) in [6.45, 7) is 8.32. The largest absolute Gasteiger partial charge is 0.313 e. The van der Waals surface area contributed by atoms with Gasteiger partial charge in [0.25, 0.3) is 11.8 Å². The number of amides is 1. The molecule has 0 radical (unpaired) electrons. The van der Waals surface area contributed by atoms with Crippen LogP contribution in [0.5, 0.6) is 0 Å². The molecule has 3 heterocycles. The minimum atomic E-state index is -3.72. The van der Waals surface area contributed by atoms with E-state index in [-0.39, 0.29) is 28.8 Å². The number of nitrogens with zero attached hydrogens (tertiary/aromatic N) is 4. The molecule has 0 bridgehead atoms.